The molecule has 1 aromatic carbocycles. The number of hydrogen-bond donors (Lipinski definition) is 0. The van der Waals surface area contributed by atoms with E-state index in [-0.39, 0.29) is 23.8 Å². The molecule has 0 spiro atoms. The zero-order valence-corrected chi connectivity index (χ0v) is 13.1. The van der Waals surface area contributed by atoms with E-state index in [0.717, 1.165) is 9.87 Å². The summed E-state index contributed by atoms with van der Waals surface area (Å²) in [6.45, 7) is 3.01. The van der Waals surface area contributed by atoms with Crippen molar-refractivity contribution in [1.29, 1.82) is 0 Å². The van der Waals surface area contributed by atoms with Crippen molar-refractivity contribution in [2.75, 3.05) is 13.1 Å². The van der Waals surface area contributed by atoms with Gasteiger partial charge >= 0.3 is 0 Å². The predicted octanol–water partition coefficient (Wildman–Crippen LogP) is 1.93. The van der Waals surface area contributed by atoms with E-state index in [1.807, 2.05) is 6.92 Å². The molecular formula is C13H14BrNO3S. The van der Waals surface area contributed by atoms with Crippen LogP contribution in [0.1, 0.15) is 12.5 Å². The summed E-state index contributed by atoms with van der Waals surface area (Å²) in [6, 6.07) is 6.49. The zero-order valence-electron chi connectivity index (χ0n) is 10.7. The molecule has 0 aliphatic carbocycles. The number of nitrogens with zero attached hydrogens (tertiary/aromatic N) is 1. The van der Waals surface area contributed by atoms with E-state index >= 15 is 0 Å². The number of rotatable bonds is 5. The second-order valence-electron chi connectivity index (χ2n) is 4.06. The number of hydrogen-bond acceptors (Lipinski definition) is 3. The topological polar surface area (TPSA) is 54.5 Å². The van der Waals surface area contributed by atoms with Crippen LogP contribution in [0.5, 0.6) is 0 Å². The molecule has 0 amide bonds. The molecule has 19 heavy (non-hydrogen) atoms. The van der Waals surface area contributed by atoms with Crippen molar-refractivity contribution < 1.29 is 13.2 Å². The van der Waals surface area contributed by atoms with E-state index in [1.54, 1.807) is 12.1 Å². The normalized spacial score (nSPS) is 10.9. The predicted molar refractivity (Wildman–Crippen MR) is 77.3 cm³/mol. The maximum Gasteiger partial charge on any atom is 0.244 e. The molecule has 0 radical (unpaired) electrons. The maximum absolute atomic E-state index is 12.4. The summed E-state index contributed by atoms with van der Waals surface area (Å²) in [7, 11) is -3.70. The van der Waals surface area contributed by atoms with Crippen LogP contribution in [0.3, 0.4) is 0 Å². The largest absolute Gasteiger partial charge is 0.299 e. The van der Waals surface area contributed by atoms with Crippen LogP contribution >= 0.6 is 15.9 Å². The number of benzene rings is 1. The Morgan fingerprint density at radius 2 is 1.89 bits per heavy atom. The van der Waals surface area contributed by atoms with Crippen LogP contribution in [0, 0.1) is 17.7 Å². The molecule has 0 bridgehead atoms. The van der Waals surface area contributed by atoms with Gasteiger partial charge in [-0.25, -0.2) is 8.42 Å². The minimum atomic E-state index is -3.70. The average molecular weight is 344 g/mol. The number of carbonyl (C=O) groups excluding carboxylic acids is 1. The summed E-state index contributed by atoms with van der Waals surface area (Å²) >= 11 is 2.91. The smallest absolute Gasteiger partial charge is 0.244 e. The summed E-state index contributed by atoms with van der Waals surface area (Å²) in [5, 5.41) is 0. The van der Waals surface area contributed by atoms with E-state index in [2.05, 4.69) is 26.7 Å². The highest BCUT2D eigenvalue weighted by Crippen LogP contribution is 2.16. The molecule has 0 aliphatic rings. The van der Waals surface area contributed by atoms with Gasteiger partial charge in [0.2, 0.25) is 10.0 Å². The first-order valence-corrected chi connectivity index (χ1v) is 7.76. The molecule has 0 saturated heterocycles. The Hall–Kier alpha value is -1.16. The van der Waals surface area contributed by atoms with Gasteiger partial charge in [-0.3, -0.25) is 4.79 Å². The molecule has 0 atom stereocenters. The summed E-state index contributed by atoms with van der Waals surface area (Å²) in [5.74, 6) is 2.37. The molecule has 102 valence electrons. The van der Waals surface area contributed by atoms with Gasteiger partial charge in [0.1, 0.15) is 5.78 Å². The van der Waals surface area contributed by atoms with Crippen molar-refractivity contribution in [3.8, 4) is 10.8 Å². The summed E-state index contributed by atoms with van der Waals surface area (Å²) in [6.07, 6.45) is 0. The Labute approximate surface area is 122 Å². The van der Waals surface area contributed by atoms with E-state index in [9.17, 15) is 13.2 Å². The van der Waals surface area contributed by atoms with Crippen molar-refractivity contribution in [2.24, 2.45) is 0 Å². The molecule has 0 aromatic heterocycles. The summed E-state index contributed by atoms with van der Waals surface area (Å²) < 4.78 is 25.8. The molecular weight excluding hydrogens is 330 g/mol. The van der Waals surface area contributed by atoms with Crippen LogP contribution in [-0.2, 0) is 14.8 Å². The number of halogens is 1. The van der Waals surface area contributed by atoms with Gasteiger partial charge in [0.25, 0.3) is 0 Å². The quantitative estimate of drug-likeness (QED) is 0.767. The van der Waals surface area contributed by atoms with Crippen LogP contribution in [0.2, 0.25) is 0 Å². The van der Waals surface area contributed by atoms with E-state index < -0.39 is 10.0 Å². The zero-order chi connectivity index (χ0) is 14.5. The molecule has 0 fully saturated rings. The lowest BCUT2D eigenvalue weighted by Crippen LogP contribution is -2.35. The molecule has 0 aliphatic heterocycles. The number of ketones is 1. The first-order chi connectivity index (χ1) is 8.87. The molecule has 0 saturated carbocycles. The van der Waals surface area contributed by atoms with Gasteiger partial charge in [-0.2, -0.15) is 4.31 Å². The fraction of sp³-hybridized carbons (Fsp3) is 0.308. The second-order valence-corrected chi connectivity index (χ2v) is 6.39. The lowest BCUT2D eigenvalue weighted by Gasteiger charge is -2.18. The van der Waals surface area contributed by atoms with Crippen molar-refractivity contribution >= 4 is 31.7 Å². The van der Waals surface area contributed by atoms with Crippen molar-refractivity contribution in [3.63, 3.8) is 0 Å². The van der Waals surface area contributed by atoms with Crippen molar-refractivity contribution in [3.05, 3.63) is 29.8 Å². The van der Waals surface area contributed by atoms with Crippen molar-refractivity contribution in [2.45, 2.75) is 18.7 Å². The van der Waals surface area contributed by atoms with Gasteiger partial charge in [0.05, 0.1) is 18.0 Å². The van der Waals surface area contributed by atoms with Gasteiger partial charge in [-0.1, -0.05) is 23.6 Å². The lowest BCUT2D eigenvalue weighted by molar-refractivity contribution is -0.117. The van der Waals surface area contributed by atoms with Gasteiger partial charge < -0.3 is 0 Å². The monoisotopic (exact) mass is 343 g/mol. The van der Waals surface area contributed by atoms with Crippen LogP contribution in [0.4, 0.5) is 0 Å². The lowest BCUT2D eigenvalue weighted by atomic mass is 10.2. The third-order valence-corrected chi connectivity index (χ3v) is 4.47. The van der Waals surface area contributed by atoms with E-state index in [4.69, 9.17) is 0 Å². The van der Waals surface area contributed by atoms with Gasteiger partial charge in [0.15, 0.2) is 0 Å². The first-order valence-electron chi connectivity index (χ1n) is 5.52. The fourth-order valence-electron chi connectivity index (χ4n) is 1.45. The number of sulfonamides is 1. The van der Waals surface area contributed by atoms with Crippen LogP contribution in [-0.4, -0.2) is 31.6 Å². The van der Waals surface area contributed by atoms with Crippen LogP contribution in [0.25, 0.3) is 0 Å². The van der Waals surface area contributed by atoms with Gasteiger partial charge in [0, 0.05) is 15.9 Å². The van der Waals surface area contributed by atoms with Gasteiger partial charge in [-0.15, -0.1) is 0 Å². The highest BCUT2D eigenvalue weighted by atomic mass is 79.9. The highest BCUT2D eigenvalue weighted by molar-refractivity contribution is 9.12. The molecule has 1 rings (SSSR count). The van der Waals surface area contributed by atoms with E-state index in [0.29, 0.717) is 0 Å². The third kappa shape index (κ3) is 4.46. The number of carbonyl (C=O) groups is 1. The SMILES string of the molecule is CC(=O)CN(CC#CBr)S(=O)(=O)c1ccc(C)cc1. The Kier molecular flexibility index (Phi) is 5.73. The summed E-state index contributed by atoms with van der Waals surface area (Å²) in [5.41, 5.74) is 0.970. The Balaban J connectivity index is 3.13. The Bertz CT molecular complexity index is 612. The average Bonchev–Trinajstić information content (AvgIpc) is 2.34. The first kappa shape index (κ1) is 15.9. The van der Waals surface area contributed by atoms with E-state index in [1.165, 1.54) is 19.1 Å². The third-order valence-electron chi connectivity index (χ3n) is 2.38. The number of Topliss-reactive ketones (excluding diaryl/α,β-unsaturated/α-hetero) is 1. The molecule has 0 unspecified atom stereocenters. The minimum absolute atomic E-state index is 0.0267. The molecule has 0 N–H and O–H groups in total. The standard InChI is InChI=1S/C13H14BrNO3S/c1-11-4-6-13(7-5-11)19(17,18)15(9-3-8-14)10-12(2)16/h4-7H,9-10H2,1-2H3. The van der Waals surface area contributed by atoms with Crippen LogP contribution in [0.15, 0.2) is 29.2 Å². The van der Waals surface area contributed by atoms with Crippen molar-refractivity contribution in [1.82, 2.24) is 4.31 Å². The van der Waals surface area contributed by atoms with Gasteiger partial charge in [-0.05, 0) is 30.8 Å². The second kappa shape index (κ2) is 6.85. The molecule has 1 aromatic rings. The minimum Gasteiger partial charge on any atom is -0.299 e. The van der Waals surface area contributed by atoms with Crippen LogP contribution < -0.4 is 0 Å². The highest BCUT2D eigenvalue weighted by Gasteiger charge is 2.24. The molecule has 6 heteroatoms. The fourth-order valence-corrected chi connectivity index (χ4v) is 2.94. The Morgan fingerprint density at radius 1 is 1.32 bits per heavy atom. The number of aryl methyl sites for hydroxylation is 1. The summed E-state index contributed by atoms with van der Waals surface area (Å²) in [4.78, 5) is 13.8. The molecule has 4 nitrogen and oxygen atoms in total. The molecule has 0 heterocycles. The Morgan fingerprint density at radius 3 is 2.37 bits per heavy atom. The maximum atomic E-state index is 12.4.